The normalized spacial score (nSPS) is 10.8. The van der Waals surface area contributed by atoms with Crippen molar-refractivity contribution in [1.29, 1.82) is 0 Å². The molecule has 0 fully saturated rings. The number of nitrogens with one attached hydrogen (secondary N) is 2. The van der Waals surface area contributed by atoms with E-state index in [-0.39, 0.29) is 24.0 Å². The molecule has 1 aromatic carbocycles. The molecule has 0 saturated heterocycles. The molecule has 7 nitrogen and oxygen atoms in total. The van der Waals surface area contributed by atoms with E-state index in [0.29, 0.717) is 29.7 Å². The van der Waals surface area contributed by atoms with Crippen molar-refractivity contribution in [2.24, 2.45) is 4.99 Å². The topological polar surface area (TPSA) is 77.0 Å². The Hall–Kier alpha value is -2.53. The molecule has 9 heteroatoms. The number of halogens is 1. The summed E-state index contributed by atoms with van der Waals surface area (Å²) in [6, 6.07) is 11.3. The predicted molar refractivity (Wildman–Crippen MR) is 135 cm³/mol. The minimum absolute atomic E-state index is 0. The van der Waals surface area contributed by atoms with E-state index in [9.17, 15) is 0 Å². The maximum absolute atomic E-state index is 5.90. The molecule has 0 atom stereocenters. The van der Waals surface area contributed by atoms with Crippen molar-refractivity contribution >= 4 is 41.3 Å². The first-order valence-electron chi connectivity index (χ1n) is 9.46. The molecule has 0 aliphatic heterocycles. The van der Waals surface area contributed by atoms with Crippen LogP contribution in [0.3, 0.4) is 0 Å². The predicted octanol–water partition coefficient (Wildman–Crippen LogP) is 4.74. The first-order chi connectivity index (χ1) is 14.6. The summed E-state index contributed by atoms with van der Waals surface area (Å²) in [4.78, 5) is 9.96. The highest BCUT2D eigenvalue weighted by atomic mass is 127. The van der Waals surface area contributed by atoms with Gasteiger partial charge in [-0.15, -0.1) is 35.3 Å². The Balaban J connectivity index is 0.00000341. The summed E-state index contributed by atoms with van der Waals surface area (Å²) >= 11 is 1.74. The SMILES string of the molecule is CN=C(NCc1ccc(Oc2c(OC)cccc2OC)nc1)NCc1sccc1C.I. The average molecular weight is 554 g/mol. The van der Waals surface area contributed by atoms with E-state index in [4.69, 9.17) is 14.2 Å². The summed E-state index contributed by atoms with van der Waals surface area (Å²) < 4.78 is 16.6. The smallest absolute Gasteiger partial charge is 0.219 e. The lowest BCUT2D eigenvalue weighted by atomic mass is 10.2. The van der Waals surface area contributed by atoms with Crippen LogP contribution in [0.2, 0.25) is 0 Å². The zero-order valence-electron chi connectivity index (χ0n) is 18.0. The second-order valence-corrected chi connectivity index (χ2v) is 7.41. The van der Waals surface area contributed by atoms with Crippen LogP contribution in [0.25, 0.3) is 0 Å². The van der Waals surface area contributed by atoms with Crippen molar-refractivity contribution < 1.29 is 14.2 Å². The Labute approximate surface area is 203 Å². The quantitative estimate of drug-likeness (QED) is 0.238. The first kappa shape index (κ1) is 24.7. The molecule has 3 aromatic rings. The van der Waals surface area contributed by atoms with Gasteiger partial charge < -0.3 is 24.8 Å². The van der Waals surface area contributed by atoms with Crippen molar-refractivity contribution in [3.05, 3.63) is 64.0 Å². The lowest BCUT2D eigenvalue weighted by Gasteiger charge is -2.14. The number of hydrogen-bond donors (Lipinski definition) is 2. The molecule has 2 aromatic heterocycles. The van der Waals surface area contributed by atoms with Crippen molar-refractivity contribution in [3.8, 4) is 23.1 Å². The van der Waals surface area contributed by atoms with Gasteiger partial charge in [0.15, 0.2) is 17.5 Å². The molecule has 0 aliphatic rings. The van der Waals surface area contributed by atoms with Gasteiger partial charge in [0.05, 0.1) is 20.8 Å². The van der Waals surface area contributed by atoms with Crippen LogP contribution in [0.5, 0.6) is 23.1 Å². The molecular weight excluding hydrogens is 527 g/mol. The number of hydrogen-bond acceptors (Lipinski definition) is 6. The minimum Gasteiger partial charge on any atom is -0.493 e. The molecule has 2 N–H and O–H groups in total. The molecule has 3 rings (SSSR count). The number of aromatic nitrogens is 1. The van der Waals surface area contributed by atoms with E-state index in [2.05, 4.69) is 39.0 Å². The van der Waals surface area contributed by atoms with Crippen LogP contribution in [0.15, 0.2) is 53.0 Å². The summed E-state index contributed by atoms with van der Waals surface area (Å²) in [5.74, 6) is 2.85. The van der Waals surface area contributed by atoms with E-state index in [1.54, 1.807) is 38.8 Å². The number of para-hydroxylation sites is 1. The van der Waals surface area contributed by atoms with E-state index in [1.807, 2.05) is 30.3 Å². The maximum Gasteiger partial charge on any atom is 0.219 e. The number of aryl methyl sites for hydroxylation is 1. The molecule has 0 amide bonds. The summed E-state index contributed by atoms with van der Waals surface area (Å²) in [7, 11) is 4.93. The van der Waals surface area contributed by atoms with Gasteiger partial charge in [0.25, 0.3) is 0 Å². The van der Waals surface area contributed by atoms with Crippen LogP contribution in [0.4, 0.5) is 0 Å². The van der Waals surface area contributed by atoms with E-state index in [0.717, 1.165) is 18.1 Å². The highest BCUT2D eigenvalue weighted by Gasteiger charge is 2.13. The van der Waals surface area contributed by atoms with Crippen molar-refractivity contribution in [3.63, 3.8) is 0 Å². The standard InChI is InChI=1S/C22H26N4O3S.HI/c1-15-10-11-30-19(15)14-26-22(23-2)25-13-16-8-9-20(24-12-16)29-21-17(27-3)6-5-7-18(21)28-4;/h5-12H,13-14H2,1-4H3,(H2,23,25,26);1H. The van der Waals surface area contributed by atoms with Gasteiger partial charge in [0.1, 0.15) is 0 Å². The third-order valence-electron chi connectivity index (χ3n) is 4.45. The first-order valence-corrected chi connectivity index (χ1v) is 10.3. The number of thiophene rings is 1. The molecule has 166 valence electrons. The number of rotatable bonds is 8. The van der Waals surface area contributed by atoms with Gasteiger partial charge in [0, 0.05) is 30.7 Å². The van der Waals surface area contributed by atoms with E-state index >= 15 is 0 Å². The van der Waals surface area contributed by atoms with Crippen LogP contribution in [-0.4, -0.2) is 32.2 Å². The van der Waals surface area contributed by atoms with E-state index in [1.165, 1.54) is 10.4 Å². The number of nitrogens with zero attached hydrogens (tertiary/aromatic N) is 2. The van der Waals surface area contributed by atoms with Crippen molar-refractivity contribution in [2.75, 3.05) is 21.3 Å². The second-order valence-electron chi connectivity index (χ2n) is 6.40. The van der Waals surface area contributed by atoms with Crippen molar-refractivity contribution in [1.82, 2.24) is 15.6 Å². The van der Waals surface area contributed by atoms with Gasteiger partial charge in [0.2, 0.25) is 11.6 Å². The average Bonchev–Trinajstić information content (AvgIpc) is 3.19. The number of aliphatic imine (C=N–C) groups is 1. The molecule has 0 saturated carbocycles. The lowest BCUT2D eigenvalue weighted by molar-refractivity contribution is 0.342. The number of pyridine rings is 1. The molecule has 31 heavy (non-hydrogen) atoms. The highest BCUT2D eigenvalue weighted by molar-refractivity contribution is 14.0. The third-order valence-corrected chi connectivity index (χ3v) is 5.48. The maximum atomic E-state index is 5.90. The fourth-order valence-electron chi connectivity index (χ4n) is 2.75. The second kappa shape index (κ2) is 12.4. The Bertz CT molecular complexity index is 970. The van der Waals surface area contributed by atoms with Gasteiger partial charge in [-0.1, -0.05) is 12.1 Å². The molecule has 0 radical (unpaired) electrons. The van der Waals surface area contributed by atoms with Crippen LogP contribution in [0, 0.1) is 6.92 Å². The van der Waals surface area contributed by atoms with Gasteiger partial charge >= 0.3 is 0 Å². The third kappa shape index (κ3) is 6.73. The summed E-state index contributed by atoms with van der Waals surface area (Å²) in [6.07, 6.45) is 1.76. The van der Waals surface area contributed by atoms with Crippen molar-refractivity contribution in [2.45, 2.75) is 20.0 Å². The largest absolute Gasteiger partial charge is 0.493 e. The monoisotopic (exact) mass is 554 g/mol. The zero-order valence-corrected chi connectivity index (χ0v) is 21.1. The Morgan fingerprint density at radius 2 is 1.74 bits per heavy atom. The molecule has 0 aliphatic carbocycles. The minimum atomic E-state index is 0. The molecular formula is C22H27IN4O3S. The number of guanidine groups is 1. The van der Waals surface area contributed by atoms with Gasteiger partial charge in [-0.05, 0) is 41.6 Å². The van der Waals surface area contributed by atoms with Crippen LogP contribution >= 0.6 is 35.3 Å². The number of methoxy groups -OCH3 is 2. The van der Waals surface area contributed by atoms with Crippen LogP contribution < -0.4 is 24.8 Å². The van der Waals surface area contributed by atoms with Crippen LogP contribution in [0.1, 0.15) is 16.0 Å². The number of benzene rings is 1. The van der Waals surface area contributed by atoms with Gasteiger partial charge in [-0.3, -0.25) is 4.99 Å². The Morgan fingerprint density at radius 1 is 1.03 bits per heavy atom. The fourth-order valence-corrected chi connectivity index (χ4v) is 3.60. The van der Waals surface area contributed by atoms with E-state index < -0.39 is 0 Å². The summed E-state index contributed by atoms with van der Waals surface area (Å²) in [5.41, 5.74) is 2.29. The molecule has 0 bridgehead atoms. The molecule has 0 spiro atoms. The summed E-state index contributed by atoms with van der Waals surface area (Å²) in [5, 5.41) is 8.72. The zero-order chi connectivity index (χ0) is 21.3. The lowest BCUT2D eigenvalue weighted by Crippen LogP contribution is -2.36. The Kier molecular flexibility index (Phi) is 9.86. The fraction of sp³-hybridized carbons (Fsp3) is 0.273. The van der Waals surface area contributed by atoms with Gasteiger partial charge in [-0.25, -0.2) is 4.98 Å². The molecule has 2 heterocycles. The molecule has 0 unspecified atom stereocenters. The Morgan fingerprint density at radius 3 is 2.29 bits per heavy atom. The number of ether oxygens (including phenoxy) is 3. The summed E-state index contributed by atoms with van der Waals surface area (Å²) in [6.45, 7) is 3.45. The highest BCUT2D eigenvalue weighted by Crippen LogP contribution is 2.39. The van der Waals surface area contributed by atoms with Gasteiger partial charge in [-0.2, -0.15) is 0 Å². The van der Waals surface area contributed by atoms with Crippen LogP contribution in [-0.2, 0) is 13.1 Å².